The zero-order valence-electron chi connectivity index (χ0n) is 9.57. The SMILES string of the molecule is CC(Nc1cccc(Br)c1C#N)C(C)C(=O)O. The lowest BCUT2D eigenvalue weighted by molar-refractivity contribution is -0.141. The van der Waals surface area contributed by atoms with Crippen molar-refractivity contribution in [1.82, 2.24) is 0 Å². The Kier molecular flexibility index (Phi) is 4.53. The van der Waals surface area contributed by atoms with Gasteiger partial charge < -0.3 is 10.4 Å². The average molecular weight is 297 g/mol. The molecule has 2 unspecified atom stereocenters. The second kappa shape index (κ2) is 5.69. The first-order valence-electron chi connectivity index (χ1n) is 5.15. The van der Waals surface area contributed by atoms with Gasteiger partial charge in [0.2, 0.25) is 0 Å². The number of nitrogens with zero attached hydrogens (tertiary/aromatic N) is 1. The van der Waals surface area contributed by atoms with Gasteiger partial charge in [0, 0.05) is 10.5 Å². The van der Waals surface area contributed by atoms with Crippen LogP contribution in [-0.4, -0.2) is 17.1 Å². The summed E-state index contributed by atoms with van der Waals surface area (Å²) in [4.78, 5) is 10.8. The molecule has 90 valence electrons. The fourth-order valence-corrected chi connectivity index (χ4v) is 1.80. The van der Waals surface area contributed by atoms with Crippen LogP contribution in [0.3, 0.4) is 0 Å². The summed E-state index contributed by atoms with van der Waals surface area (Å²) in [5.74, 6) is -1.39. The molecule has 0 aromatic heterocycles. The second-order valence-electron chi connectivity index (χ2n) is 3.83. The minimum atomic E-state index is -0.862. The third-order valence-electron chi connectivity index (χ3n) is 2.65. The number of hydrogen-bond donors (Lipinski definition) is 2. The minimum Gasteiger partial charge on any atom is -0.481 e. The van der Waals surface area contributed by atoms with E-state index in [4.69, 9.17) is 10.4 Å². The van der Waals surface area contributed by atoms with Crippen LogP contribution in [0, 0.1) is 17.2 Å². The Morgan fingerprint density at radius 1 is 1.53 bits per heavy atom. The molecule has 0 saturated carbocycles. The van der Waals surface area contributed by atoms with E-state index in [-0.39, 0.29) is 6.04 Å². The van der Waals surface area contributed by atoms with Crippen LogP contribution >= 0.6 is 15.9 Å². The first-order valence-corrected chi connectivity index (χ1v) is 5.94. The third-order valence-corrected chi connectivity index (χ3v) is 3.31. The van der Waals surface area contributed by atoms with Crippen molar-refractivity contribution in [3.63, 3.8) is 0 Å². The number of halogens is 1. The molecule has 5 heteroatoms. The summed E-state index contributed by atoms with van der Waals surface area (Å²) < 4.78 is 0.695. The van der Waals surface area contributed by atoms with Gasteiger partial charge in [-0.15, -0.1) is 0 Å². The molecule has 0 radical (unpaired) electrons. The van der Waals surface area contributed by atoms with Crippen LogP contribution in [0.5, 0.6) is 0 Å². The van der Waals surface area contributed by atoms with Gasteiger partial charge in [0.15, 0.2) is 0 Å². The molecule has 0 fully saturated rings. The highest BCUT2D eigenvalue weighted by atomic mass is 79.9. The molecule has 0 heterocycles. The quantitative estimate of drug-likeness (QED) is 0.896. The molecule has 2 N–H and O–H groups in total. The highest BCUT2D eigenvalue weighted by Crippen LogP contribution is 2.25. The van der Waals surface area contributed by atoms with Crippen molar-refractivity contribution >= 4 is 27.6 Å². The number of aliphatic carboxylic acids is 1. The summed E-state index contributed by atoms with van der Waals surface area (Å²) in [5, 5.41) is 21.0. The summed E-state index contributed by atoms with van der Waals surface area (Å²) in [6, 6.07) is 7.15. The number of carboxylic acid groups (broad SMARTS) is 1. The fraction of sp³-hybridized carbons (Fsp3) is 0.333. The molecule has 1 aromatic carbocycles. The van der Waals surface area contributed by atoms with Crippen molar-refractivity contribution in [1.29, 1.82) is 5.26 Å². The Morgan fingerprint density at radius 2 is 2.18 bits per heavy atom. The first-order chi connectivity index (χ1) is 7.97. The summed E-state index contributed by atoms with van der Waals surface area (Å²) >= 11 is 3.28. The van der Waals surface area contributed by atoms with Gasteiger partial charge in [-0.3, -0.25) is 4.79 Å². The number of rotatable bonds is 4. The van der Waals surface area contributed by atoms with Gasteiger partial charge in [-0.05, 0) is 41.9 Å². The molecule has 0 aliphatic carbocycles. The zero-order chi connectivity index (χ0) is 13.0. The van der Waals surface area contributed by atoms with Crippen molar-refractivity contribution in [3.8, 4) is 6.07 Å². The van der Waals surface area contributed by atoms with Gasteiger partial charge in [0.25, 0.3) is 0 Å². The molecule has 4 nitrogen and oxygen atoms in total. The maximum absolute atomic E-state index is 10.8. The maximum atomic E-state index is 10.8. The molecule has 17 heavy (non-hydrogen) atoms. The molecule has 0 amide bonds. The minimum absolute atomic E-state index is 0.256. The molecule has 0 saturated heterocycles. The standard InChI is InChI=1S/C12H13BrN2O2/c1-7(12(16)17)8(2)15-11-5-3-4-10(13)9(11)6-14/h3-5,7-8,15H,1-2H3,(H,16,17). The van der Waals surface area contributed by atoms with E-state index in [0.29, 0.717) is 15.7 Å². The summed E-state index contributed by atoms with van der Waals surface area (Å²) in [6.45, 7) is 3.41. The second-order valence-corrected chi connectivity index (χ2v) is 4.69. The van der Waals surface area contributed by atoms with E-state index in [2.05, 4.69) is 27.3 Å². The molecule has 0 spiro atoms. The fourth-order valence-electron chi connectivity index (χ4n) is 1.34. The van der Waals surface area contributed by atoms with Gasteiger partial charge in [-0.2, -0.15) is 5.26 Å². The zero-order valence-corrected chi connectivity index (χ0v) is 11.2. The van der Waals surface area contributed by atoms with E-state index in [1.807, 2.05) is 0 Å². The third kappa shape index (κ3) is 3.21. The van der Waals surface area contributed by atoms with Crippen molar-refractivity contribution in [2.24, 2.45) is 5.92 Å². The average Bonchev–Trinajstić information content (AvgIpc) is 2.28. The molecule has 0 aliphatic heterocycles. The van der Waals surface area contributed by atoms with E-state index >= 15 is 0 Å². The molecule has 1 aromatic rings. The highest BCUT2D eigenvalue weighted by molar-refractivity contribution is 9.10. The molecule has 2 atom stereocenters. The van der Waals surface area contributed by atoms with Crippen LogP contribution in [0.25, 0.3) is 0 Å². The van der Waals surface area contributed by atoms with Crippen molar-refractivity contribution in [2.75, 3.05) is 5.32 Å². The van der Waals surface area contributed by atoms with Gasteiger partial charge >= 0.3 is 5.97 Å². The van der Waals surface area contributed by atoms with Crippen molar-refractivity contribution in [3.05, 3.63) is 28.2 Å². The maximum Gasteiger partial charge on any atom is 0.308 e. The molecular formula is C12H13BrN2O2. The number of hydrogen-bond acceptors (Lipinski definition) is 3. The monoisotopic (exact) mass is 296 g/mol. The Morgan fingerprint density at radius 3 is 2.71 bits per heavy atom. The number of nitrogens with one attached hydrogen (secondary N) is 1. The number of anilines is 1. The van der Waals surface area contributed by atoms with Crippen LogP contribution in [0.1, 0.15) is 19.4 Å². The Balaban J connectivity index is 2.93. The van der Waals surface area contributed by atoms with E-state index < -0.39 is 11.9 Å². The predicted molar refractivity (Wildman–Crippen MR) is 68.7 cm³/mol. The lowest BCUT2D eigenvalue weighted by atomic mass is 10.0. The summed E-state index contributed by atoms with van der Waals surface area (Å²) in [7, 11) is 0. The van der Waals surface area contributed by atoms with Crippen LogP contribution in [0.15, 0.2) is 22.7 Å². The normalized spacial score (nSPS) is 13.5. The smallest absolute Gasteiger partial charge is 0.308 e. The number of nitriles is 1. The lowest BCUT2D eigenvalue weighted by Crippen LogP contribution is -2.30. The Bertz CT molecular complexity index is 468. The number of carboxylic acids is 1. The summed E-state index contributed by atoms with van der Waals surface area (Å²) in [5.41, 5.74) is 1.12. The molecule has 0 aliphatic rings. The summed E-state index contributed by atoms with van der Waals surface area (Å²) in [6.07, 6.45) is 0. The number of benzene rings is 1. The largest absolute Gasteiger partial charge is 0.481 e. The first kappa shape index (κ1) is 13.5. The molecule has 0 bridgehead atoms. The topological polar surface area (TPSA) is 73.1 Å². The van der Waals surface area contributed by atoms with Gasteiger partial charge in [-0.1, -0.05) is 6.07 Å². The van der Waals surface area contributed by atoms with E-state index in [1.54, 1.807) is 32.0 Å². The van der Waals surface area contributed by atoms with E-state index in [9.17, 15) is 4.79 Å². The number of carbonyl (C=O) groups is 1. The van der Waals surface area contributed by atoms with E-state index in [1.165, 1.54) is 0 Å². The van der Waals surface area contributed by atoms with Gasteiger partial charge in [0.1, 0.15) is 6.07 Å². The van der Waals surface area contributed by atoms with Gasteiger partial charge in [-0.25, -0.2) is 0 Å². The predicted octanol–water partition coefficient (Wildman–Crippen LogP) is 2.84. The van der Waals surface area contributed by atoms with Crippen molar-refractivity contribution in [2.45, 2.75) is 19.9 Å². The van der Waals surface area contributed by atoms with Crippen LogP contribution in [-0.2, 0) is 4.79 Å². The van der Waals surface area contributed by atoms with Crippen LogP contribution < -0.4 is 5.32 Å². The Hall–Kier alpha value is -1.54. The van der Waals surface area contributed by atoms with E-state index in [0.717, 1.165) is 0 Å². The van der Waals surface area contributed by atoms with Crippen molar-refractivity contribution < 1.29 is 9.90 Å². The van der Waals surface area contributed by atoms with Gasteiger partial charge in [0.05, 0.1) is 17.2 Å². The highest BCUT2D eigenvalue weighted by Gasteiger charge is 2.20. The lowest BCUT2D eigenvalue weighted by Gasteiger charge is -2.20. The van der Waals surface area contributed by atoms with Crippen LogP contribution in [0.4, 0.5) is 5.69 Å². The Labute approximate surface area is 108 Å². The van der Waals surface area contributed by atoms with Crippen LogP contribution in [0.2, 0.25) is 0 Å². The molecular weight excluding hydrogens is 284 g/mol. The molecule has 1 rings (SSSR count).